The molecule has 0 spiro atoms. The summed E-state index contributed by atoms with van der Waals surface area (Å²) in [7, 11) is 1.58. The molecule has 0 aliphatic rings. The number of aryl methyl sites for hydroxylation is 1. The molecule has 166 valence electrons. The molecule has 0 saturated heterocycles. The van der Waals surface area contributed by atoms with Crippen molar-refractivity contribution in [1.82, 2.24) is 0 Å². The van der Waals surface area contributed by atoms with Crippen LogP contribution in [0.3, 0.4) is 0 Å². The Morgan fingerprint density at radius 1 is 1.12 bits per heavy atom. The summed E-state index contributed by atoms with van der Waals surface area (Å²) >= 11 is 8.10. The second kappa shape index (κ2) is 11.7. The van der Waals surface area contributed by atoms with Crippen LogP contribution in [0.5, 0.6) is 11.5 Å². The molecule has 1 N–H and O–H groups in total. The zero-order chi connectivity index (χ0) is 22.9. The largest absolute Gasteiger partial charge is 0.493 e. The van der Waals surface area contributed by atoms with E-state index in [1.807, 2.05) is 61.5 Å². The number of carbonyl (C=O) groups is 1. The lowest BCUT2D eigenvalue weighted by atomic mass is 10.2. The van der Waals surface area contributed by atoms with Gasteiger partial charge in [-0.2, -0.15) is 0 Å². The maximum absolute atomic E-state index is 12.0. The molecule has 3 aromatic rings. The maximum atomic E-state index is 12.0. The van der Waals surface area contributed by atoms with Crippen LogP contribution in [0, 0.1) is 10.5 Å². The molecule has 0 aromatic heterocycles. The number of amides is 1. The monoisotopic (exact) mass is 564 g/mol. The molecule has 0 unspecified atom stereocenters. The summed E-state index contributed by atoms with van der Waals surface area (Å²) in [5.41, 5.74) is 3.58. The third kappa shape index (κ3) is 7.13. The molecule has 0 saturated carbocycles. The van der Waals surface area contributed by atoms with Crippen LogP contribution in [0.2, 0.25) is 5.02 Å². The highest BCUT2D eigenvalue weighted by molar-refractivity contribution is 14.1. The number of oxime groups is 1. The number of ether oxygens (including phenoxy) is 2. The second-order valence-corrected chi connectivity index (χ2v) is 8.47. The molecule has 3 aromatic carbocycles. The fourth-order valence-corrected chi connectivity index (χ4v) is 3.63. The van der Waals surface area contributed by atoms with Gasteiger partial charge in [-0.3, -0.25) is 4.79 Å². The molecular formula is C24H22ClIN2O4. The molecule has 6 nitrogen and oxygen atoms in total. The van der Waals surface area contributed by atoms with E-state index in [0.717, 1.165) is 20.3 Å². The molecule has 3 rings (SSSR count). The zero-order valence-corrected chi connectivity index (χ0v) is 20.5. The zero-order valence-electron chi connectivity index (χ0n) is 17.6. The normalized spacial score (nSPS) is 10.8. The number of nitrogens with zero attached hydrogens (tertiary/aromatic N) is 1. The van der Waals surface area contributed by atoms with Gasteiger partial charge in [-0.05, 0) is 71.5 Å². The van der Waals surface area contributed by atoms with Gasteiger partial charge < -0.3 is 19.6 Å². The summed E-state index contributed by atoms with van der Waals surface area (Å²) in [6.07, 6.45) is 1.52. The maximum Gasteiger partial charge on any atom is 0.265 e. The third-order valence-corrected chi connectivity index (χ3v) is 5.41. The highest BCUT2D eigenvalue weighted by atomic mass is 127. The van der Waals surface area contributed by atoms with Crippen LogP contribution in [-0.4, -0.2) is 25.8 Å². The van der Waals surface area contributed by atoms with Crippen molar-refractivity contribution in [3.05, 3.63) is 85.9 Å². The number of anilines is 1. The Bertz CT molecular complexity index is 1090. The summed E-state index contributed by atoms with van der Waals surface area (Å²) in [6, 6.07) is 18.7. The molecule has 0 fully saturated rings. The van der Waals surface area contributed by atoms with Crippen molar-refractivity contribution in [2.45, 2.75) is 13.5 Å². The number of rotatable bonds is 9. The van der Waals surface area contributed by atoms with Crippen LogP contribution in [0.15, 0.2) is 65.8 Å². The minimum absolute atomic E-state index is 0.194. The first-order valence-electron chi connectivity index (χ1n) is 9.71. The number of halogens is 2. The highest BCUT2D eigenvalue weighted by Gasteiger charge is 2.12. The number of carbonyl (C=O) groups excluding carboxylic acids is 1. The van der Waals surface area contributed by atoms with Crippen molar-refractivity contribution in [3.63, 3.8) is 0 Å². The molecule has 0 aliphatic heterocycles. The fourth-order valence-electron chi connectivity index (χ4n) is 2.72. The minimum atomic E-state index is -0.288. The SMILES string of the molecule is COc1cc(/C=N/OCC(=O)Nc2ccc(C)cc2)cc(I)c1OCc1ccc(Cl)cc1. The standard InChI is InChI=1S/C24H22ClIN2O4/c1-16-3-9-20(10-4-16)28-23(29)15-32-27-13-18-11-21(26)24(22(12-18)30-2)31-14-17-5-7-19(25)8-6-17/h3-13H,14-15H2,1-2H3,(H,28,29)/b27-13+. The first-order valence-corrected chi connectivity index (χ1v) is 11.2. The van der Waals surface area contributed by atoms with E-state index in [4.69, 9.17) is 25.9 Å². The molecule has 0 heterocycles. The van der Waals surface area contributed by atoms with E-state index in [9.17, 15) is 4.79 Å². The number of benzene rings is 3. The van der Waals surface area contributed by atoms with Crippen LogP contribution >= 0.6 is 34.2 Å². The van der Waals surface area contributed by atoms with Crippen molar-refractivity contribution in [2.24, 2.45) is 5.16 Å². The van der Waals surface area contributed by atoms with E-state index in [-0.39, 0.29) is 12.5 Å². The van der Waals surface area contributed by atoms with Gasteiger partial charge in [0.1, 0.15) is 6.61 Å². The Balaban J connectivity index is 1.56. The predicted octanol–water partition coefficient (Wildman–Crippen LogP) is 5.83. The van der Waals surface area contributed by atoms with Crippen LogP contribution in [0.1, 0.15) is 16.7 Å². The minimum Gasteiger partial charge on any atom is -0.493 e. The van der Waals surface area contributed by atoms with Crippen LogP contribution in [0.4, 0.5) is 5.69 Å². The van der Waals surface area contributed by atoms with Crippen molar-refractivity contribution >= 4 is 52.0 Å². The average molecular weight is 565 g/mol. The van der Waals surface area contributed by atoms with E-state index in [0.29, 0.717) is 28.8 Å². The Hall–Kier alpha value is -2.78. The van der Waals surface area contributed by atoms with E-state index < -0.39 is 0 Å². The van der Waals surface area contributed by atoms with Crippen LogP contribution in [-0.2, 0) is 16.2 Å². The molecule has 32 heavy (non-hydrogen) atoms. The van der Waals surface area contributed by atoms with Crippen molar-refractivity contribution < 1.29 is 19.1 Å². The number of hydrogen-bond acceptors (Lipinski definition) is 5. The van der Waals surface area contributed by atoms with Gasteiger partial charge in [0, 0.05) is 16.3 Å². The molecule has 8 heteroatoms. The highest BCUT2D eigenvalue weighted by Crippen LogP contribution is 2.34. The van der Waals surface area contributed by atoms with Gasteiger partial charge in [-0.1, -0.05) is 46.6 Å². The summed E-state index contributed by atoms with van der Waals surface area (Å²) in [5, 5.41) is 7.32. The Morgan fingerprint density at radius 3 is 2.53 bits per heavy atom. The van der Waals surface area contributed by atoms with E-state index in [2.05, 4.69) is 33.1 Å². The van der Waals surface area contributed by atoms with Gasteiger partial charge in [0.2, 0.25) is 0 Å². The van der Waals surface area contributed by atoms with Crippen LogP contribution in [0.25, 0.3) is 0 Å². The number of nitrogens with one attached hydrogen (secondary N) is 1. The lowest BCUT2D eigenvalue weighted by Gasteiger charge is -2.13. The summed E-state index contributed by atoms with van der Waals surface area (Å²) in [5.74, 6) is 0.923. The quantitative estimate of drug-likeness (QED) is 0.202. The average Bonchev–Trinajstić information content (AvgIpc) is 2.78. The molecule has 1 amide bonds. The first-order chi connectivity index (χ1) is 15.4. The molecular weight excluding hydrogens is 543 g/mol. The molecule has 0 atom stereocenters. The second-order valence-electron chi connectivity index (χ2n) is 6.87. The van der Waals surface area contributed by atoms with Gasteiger partial charge in [0.25, 0.3) is 5.91 Å². The lowest BCUT2D eigenvalue weighted by Crippen LogP contribution is -2.16. The summed E-state index contributed by atoms with van der Waals surface area (Å²) < 4.78 is 12.3. The predicted molar refractivity (Wildman–Crippen MR) is 135 cm³/mol. The van der Waals surface area contributed by atoms with E-state index in [1.165, 1.54) is 6.21 Å². The van der Waals surface area contributed by atoms with Crippen molar-refractivity contribution in [3.8, 4) is 11.5 Å². The van der Waals surface area contributed by atoms with Crippen molar-refractivity contribution in [2.75, 3.05) is 19.0 Å². The molecule has 0 bridgehead atoms. The van der Waals surface area contributed by atoms with Gasteiger partial charge in [0.05, 0.1) is 16.9 Å². The topological polar surface area (TPSA) is 69.2 Å². The molecule has 0 aliphatic carbocycles. The van der Waals surface area contributed by atoms with Gasteiger partial charge in [-0.15, -0.1) is 0 Å². The Labute approximate surface area is 205 Å². The Morgan fingerprint density at radius 2 is 1.84 bits per heavy atom. The van der Waals surface area contributed by atoms with E-state index in [1.54, 1.807) is 13.2 Å². The third-order valence-electron chi connectivity index (χ3n) is 4.36. The lowest BCUT2D eigenvalue weighted by molar-refractivity contribution is -0.120. The van der Waals surface area contributed by atoms with Gasteiger partial charge in [0.15, 0.2) is 18.1 Å². The molecule has 0 radical (unpaired) electrons. The summed E-state index contributed by atoms with van der Waals surface area (Å²) in [4.78, 5) is 17.1. The van der Waals surface area contributed by atoms with Gasteiger partial charge in [-0.25, -0.2) is 0 Å². The van der Waals surface area contributed by atoms with E-state index >= 15 is 0 Å². The first kappa shape index (κ1) is 23.9. The van der Waals surface area contributed by atoms with Gasteiger partial charge >= 0.3 is 0 Å². The fraction of sp³-hybridized carbons (Fsp3) is 0.167. The van der Waals surface area contributed by atoms with Crippen molar-refractivity contribution in [1.29, 1.82) is 0 Å². The van der Waals surface area contributed by atoms with Crippen LogP contribution < -0.4 is 14.8 Å². The smallest absolute Gasteiger partial charge is 0.265 e. The summed E-state index contributed by atoms with van der Waals surface area (Å²) in [6.45, 7) is 2.18. The Kier molecular flexibility index (Phi) is 8.75. The number of hydrogen-bond donors (Lipinski definition) is 1. The number of methoxy groups -OCH3 is 1.